The largest absolute Gasteiger partial charge is 0.456 e. The summed E-state index contributed by atoms with van der Waals surface area (Å²) in [6.07, 6.45) is 1.67. The fourth-order valence-electron chi connectivity index (χ4n) is 3.19. The highest BCUT2D eigenvalue weighted by atomic mass is 35.5. The number of hydrogen-bond donors (Lipinski definition) is 0. The number of carbonyl (C=O) groups is 4. The monoisotopic (exact) mass is 413 g/mol. The molecule has 6 nitrogen and oxygen atoms in total. The highest BCUT2D eigenvalue weighted by Gasteiger charge is 2.43. The lowest BCUT2D eigenvalue weighted by Crippen LogP contribution is -2.46. The normalized spacial score (nSPS) is 13.9. The highest BCUT2D eigenvalue weighted by molar-refractivity contribution is 6.30. The number of esters is 1. The van der Waals surface area contributed by atoms with Crippen LogP contribution in [0.4, 0.5) is 0 Å². The van der Waals surface area contributed by atoms with E-state index >= 15 is 0 Å². The lowest BCUT2D eigenvalue weighted by molar-refractivity contribution is -0.147. The van der Waals surface area contributed by atoms with Crippen LogP contribution in [-0.2, 0) is 9.53 Å². The summed E-state index contributed by atoms with van der Waals surface area (Å²) < 4.78 is 5.19. The molecule has 0 fully saturated rings. The van der Waals surface area contributed by atoms with Gasteiger partial charge in [-0.1, -0.05) is 43.5 Å². The lowest BCUT2D eigenvalue weighted by atomic mass is 10.1. The first kappa shape index (κ1) is 20.7. The van der Waals surface area contributed by atoms with Crippen molar-refractivity contribution in [3.8, 4) is 0 Å². The van der Waals surface area contributed by atoms with Crippen molar-refractivity contribution in [2.75, 3.05) is 6.61 Å². The van der Waals surface area contributed by atoms with E-state index in [-0.39, 0.29) is 17.5 Å². The van der Waals surface area contributed by atoms with Gasteiger partial charge in [0, 0.05) is 10.6 Å². The van der Waals surface area contributed by atoms with Crippen molar-refractivity contribution in [2.45, 2.75) is 32.2 Å². The lowest BCUT2D eigenvalue weighted by Gasteiger charge is -2.24. The van der Waals surface area contributed by atoms with Crippen LogP contribution in [0.15, 0.2) is 48.5 Å². The number of unbranched alkanes of at least 4 members (excludes halogenated alkanes) is 1. The molecule has 0 spiro atoms. The van der Waals surface area contributed by atoms with E-state index in [0.29, 0.717) is 17.0 Å². The Balaban J connectivity index is 1.74. The van der Waals surface area contributed by atoms with E-state index in [1.54, 1.807) is 36.4 Å². The molecule has 0 saturated carbocycles. The summed E-state index contributed by atoms with van der Waals surface area (Å²) in [6.45, 7) is 1.46. The number of halogens is 1. The number of fused-ring (bicyclic) bond motifs is 1. The zero-order chi connectivity index (χ0) is 21.0. The second-order valence-corrected chi connectivity index (χ2v) is 7.16. The molecule has 0 aliphatic carbocycles. The fraction of sp³-hybridized carbons (Fsp3) is 0.273. The average molecular weight is 414 g/mol. The Labute approximate surface area is 173 Å². The first-order valence-corrected chi connectivity index (χ1v) is 9.74. The van der Waals surface area contributed by atoms with Crippen LogP contribution in [0.2, 0.25) is 5.02 Å². The maximum atomic E-state index is 12.7. The molecule has 150 valence electrons. The molecule has 0 radical (unpaired) electrons. The van der Waals surface area contributed by atoms with Gasteiger partial charge in [0.05, 0.1) is 11.1 Å². The average Bonchev–Trinajstić information content (AvgIpc) is 2.98. The molecule has 2 amide bonds. The van der Waals surface area contributed by atoms with E-state index in [1.165, 1.54) is 12.1 Å². The second kappa shape index (κ2) is 9.01. The minimum absolute atomic E-state index is 0.268. The van der Waals surface area contributed by atoms with E-state index in [4.69, 9.17) is 16.3 Å². The van der Waals surface area contributed by atoms with Gasteiger partial charge in [0.15, 0.2) is 12.4 Å². The Morgan fingerprint density at radius 1 is 1.00 bits per heavy atom. The van der Waals surface area contributed by atoms with Gasteiger partial charge in [0.2, 0.25) is 0 Å². The summed E-state index contributed by atoms with van der Waals surface area (Å²) in [5, 5.41) is 0.490. The van der Waals surface area contributed by atoms with Crippen LogP contribution in [-0.4, -0.2) is 41.1 Å². The van der Waals surface area contributed by atoms with Gasteiger partial charge in [0.1, 0.15) is 6.04 Å². The van der Waals surface area contributed by atoms with Crippen LogP contribution < -0.4 is 0 Å². The molecule has 0 N–H and O–H groups in total. The van der Waals surface area contributed by atoms with Gasteiger partial charge in [-0.05, 0) is 42.8 Å². The molecule has 2 aromatic carbocycles. The predicted octanol–water partition coefficient (Wildman–Crippen LogP) is 3.92. The Kier molecular flexibility index (Phi) is 6.44. The van der Waals surface area contributed by atoms with Crippen molar-refractivity contribution in [2.24, 2.45) is 0 Å². The van der Waals surface area contributed by atoms with Gasteiger partial charge in [-0.25, -0.2) is 4.79 Å². The van der Waals surface area contributed by atoms with Crippen molar-refractivity contribution in [1.29, 1.82) is 0 Å². The zero-order valence-corrected chi connectivity index (χ0v) is 16.6. The standard InChI is InChI=1S/C22H20ClNO5/c1-2-3-8-18(24-20(26)16-6-4-5-7-17(16)21(24)27)22(28)29-13-19(25)14-9-11-15(23)12-10-14/h4-7,9-12,18H,2-3,8,13H2,1H3/t18-/m1/s1. The topological polar surface area (TPSA) is 80.8 Å². The number of nitrogens with zero attached hydrogens (tertiary/aromatic N) is 1. The Bertz CT molecular complexity index is 919. The van der Waals surface area contributed by atoms with Crippen molar-refractivity contribution >= 4 is 35.2 Å². The van der Waals surface area contributed by atoms with Crippen LogP contribution in [0, 0.1) is 0 Å². The SMILES string of the molecule is CCCC[C@H](C(=O)OCC(=O)c1ccc(Cl)cc1)N1C(=O)c2ccccc2C1=O. The second-order valence-electron chi connectivity index (χ2n) is 6.72. The number of hydrogen-bond acceptors (Lipinski definition) is 5. The maximum Gasteiger partial charge on any atom is 0.329 e. The molecule has 1 aliphatic heterocycles. The Hall–Kier alpha value is -2.99. The molecule has 29 heavy (non-hydrogen) atoms. The molecule has 0 unspecified atom stereocenters. The molecule has 3 rings (SSSR count). The number of ether oxygens (including phenoxy) is 1. The number of imide groups is 1. The molecule has 1 heterocycles. The van der Waals surface area contributed by atoms with Crippen LogP contribution in [0.3, 0.4) is 0 Å². The summed E-state index contributed by atoms with van der Waals surface area (Å²) in [5.74, 6) is -2.21. The molecule has 1 atom stereocenters. The summed E-state index contributed by atoms with van der Waals surface area (Å²) >= 11 is 5.81. The van der Waals surface area contributed by atoms with Crippen molar-refractivity contribution < 1.29 is 23.9 Å². The molecule has 0 bridgehead atoms. The van der Waals surface area contributed by atoms with Crippen molar-refractivity contribution in [1.82, 2.24) is 4.90 Å². The number of rotatable bonds is 8. The van der Waals surface area contributed by atoms with Crippen molar-refractivity contribution in [3.05, 3.63) is 70.2 Å². The third kappa shape index (κ3) is 4.38. The fourth-order valence-corrected chi connectivity index (χ4v) is 3.32. The van der Waals surface area contributed by atoms with Gasteiger partial charge in [-0.2, -0.15) is 0 Å². The van der Waals surface area contributed by atoms with Crippen LogP contribution in [0.1, 0.15) is 57.3 Å². The zero-order valence-electron chi connectivity index (χ0n) is 15.9. The minimum Gasteiger partial charge on any atom is -0.456 e. The van der Waals surface area contributed by atoms with Gasteiger partial charge in [-0.3, -0.25) is 19.3 Å². The van der Waals surface area contributed by atoms with Crippen LogP contribution in [0.25, 0.3) is 0 Å². The van der Waals surface area contributed by atoms with E-state index in [0.717, 1.165) is 11.3 Å². The van der Waals surface area contributed by atoms with E-state index in [1.807, 2.05) is 6.92 Å². The summed E-state index contributed by atoms with van der Waals surface area (Å²) in [6, 6.07) is 11.6. The van der Waals surface area contributed by atoms with Crippen molar-refractivity contribution in [3.63, 3.8) is 0 Å². The number of Topliss-reactive ketones (excluding diaryl/α,β-unsaturated/α-hetero) is 1. The number of carbonyl (C=O) groups excluding carboxylic acids is 4. The third-order valence-corrected chi connectivity index (χ3v) is 5.00. The van der Waals surface area contributed by atoms with Gasteiger partial charge in [-0.15, -0.1) is 0 Å². The van der Waals surface area contributed by atoms with E-state index < -0.39 is 36.2 Å². The quantitative estimate of drug-likeness (QED) is 0.372. The highest BCUT2D eigenvalue weighted by Crippen LogP contribution is 2.27. The number of amides is 2. The van der Waals surface area contributed by atoms with Crippen LogP contribution >= 0.6 is 11.6 Å². The number of benzene rings is 2. The predicted molar refractivity (Wildman–Crippen MR) is 107 cm³/mol. The molecule has 1 aliphatic rings. The van der Waals surface area contributed by atoms with Gasteiger partial charge in [0.25, 0.3) is 11.8 Å². The van der Waals surface area contributed by atoms with E-state index in [9.17, 15) is 19.2 Å². The minimum atomic E-state index is -1.07. The van der Waals surface area contributed by atoms with Crippen LogP contribution in [0.5, 0.6) is 0 Å². The smallest absolute Gasteiger partial charge is 0.329 e. The molecule has 0 saturated heterocycles. The number of ketones is 1. The summed E-state index contributed by atoms with van der Waals surface area (Å²) in [7, 11) is 0. The molecule has 2 aromatic rings. The van der Waals surface area contributed by atoms with E-state index in [2.05, 4.69) is 0 Å². The summed E-state index contributed by atoms with van der Waals surface area (Å²) in [5.41, 5.74) is 0.890. The maximum absolute atomic E-state index is 12.7. The third-order valence-electron chi connectivity index (χ3n) is 4.75. The van der Waals surface area contributed by atoms with Gasteiger partial charge >= 0.3 is 5.97 Å². The van der Waals surface area contributed by atoms with Gasteiger partial charge < -0.3 is 4.74 Å². The molecule has 7 heteroatoms. The molecule has 0 aromatic heterocycles. The molecular formula is C22H20ClNO5. The summed E-state index contributed by atoms with van der Waals surface area (Å²) in [4.78, 5) is 51.4. The Morgan fingerprint density at radius 2 is 1.59 bits per heavy atom. The first-order chi connectivity index (χ1) is 13.9. The molecular weight excluding hydrogens is 394 g/mol. The Morgan fingerprint density at radius 3 is 2.14 bits per heavy atom. The first-order valence-electron chi connectivity index (χ1n) is 9.36.